The van der Waals surface area contributed by atoms with Crippen LogP contribution in [0.2, 0.25) is 0 Å². The van der Waals surface area contributed by atoms with Gasteiger partial charge in [-0.25, -0.2) is 0 Å². The molecule has 1 aromatic carbocycles. The molecule has 0 amide bonds. The molecular weight excluding hydrogens is 316 g/mol. The predicted molar refractivity (Wildman–Crippen MR) is 86.8 cm³/mol. The number of aryl methyl sites for hydroxylation is 1. The van der Waals surface area contributed by atoms with Crippen molar-refractivity contribution in [2.45, 2.75) is 25.8 Å². The molecule has 112 valence electrons. The van der Waals surface area contributed by atoms with Crippen LogP contribution in [0.3, 0.4) is 0 Å². The maximum atomic E-state index is 5.97. The van der Waals surface area contributed by atoms with Crippen molar-refractivity contribution in [1.29, 1.82) is 0 Å². The van der Waals surface area contributed by atoms with Crippen LogP contribution in [-0.2, 0) is 4.74 Å². The fourth-order valence-corrected chi connectivity index (χ4v) is 3.10. The first-order valence-electron chi connectivity index (χ1n) is 7.36. The highest BCUT2D eigenvalue weighted by Gasteiger charge is 2.22. The smallest absolute Gasteiger partial charge is 0.0593 e. The van der Waals surface area contributed by atoms with E-state index >= 15 is 0 Å². The molecule has 2 N–H and O–H groups in total. The van der Waals surface area contributed by atoms with Crippen molar-refractivity contribution in [2.24, 2.45) is 11.7 Å². The van der Waals surface area contributed by atoms with Crippen LogP contribution in [0.25, 0.3) is 0 Å². The Morgan fingerprint density at radius 2 is 2.20 bits per heavy atom. The second kappa shape index (κ2) is 7.55. The lowest BCUT2D eigenvalue weighted by molar-refractivity contribution is 0.0921. The van der Waals surface area contributed by atoms with E-state index in [9.17, 15) is 0 Å². The fraction of sp³-hybridized carbons (Fsp3) is 0.625. The molecule has 2 rings (SSSR count). The Balaban J connectivity index is 1.88. The highest BCUT2D eigenvalue weighted by molar-refractivity contribution is 9.10. The Morgan fingerprint density at radius 1 is 1.45 bits per heavy atom. The predicted octanol–water partition coefficient (Wildman–Crippen LogP) is 3.12. The number of halogens is 1. The van der Waals surface area contributed by atoms with Crippen LogP contribution in [0.15, 0.2) is 22.7 Å². The molecule has 0 radical (unpaired) electrons. The Bertz CT molecular complexity index is 434. The first-order valence-corrected chi connectivity index (χ1v) is 8.15. The SMILES string of the molecule is Cc1ccc(C(CN)N(C)CCOCC2CC2)c(Br)c1. The number of benzene rings is 1. The van der Waals surface area contributed by atoms with E-state index in [4.69, 9.17) is 10.5 Å². The summed E-state index contributed by atoms with van der Waals surface area (Å²) in [5.41, 5.74) is 8.48. The fourth-order valence-electron chi connectivity index (χ4n) is 2.35. The zero-order chi connectivity index (χ0) is 14.5. The first kappa shape index (κ1) is 16.0. The molecule has 1 aliphatic carbocycles. The highest BCUT2D eigenvalue weighted by atomic mass is 79.9. The van der Waals surface area contributed by atoms with Crippen LogP contribution < -0.4 is 5.73 Å². The average Bonchev–Trinajstić information content (AvgIpc) is 3.22. The highest BCUT2D eigenvalue weighted by Crippen LogP contribution is 2.29. The molecule has 4 heteroatoms. The van der Waals surface area contributed by atoms with Crippen molar-refractivity contribution in [3.05, 3.63) is 33.8 Å². The van der Waals surface area contributed by atoms with E-state index in [0.29, 0.717) is 6.54 Å². The average molecular weight is 341 g/mol. The van der Waals surface area contributed by atoms with Crippen molar-refractivity contribution in [1.82, 2.24) is 4.90 Å². The summed E-state index contributed by atoms with van der Waals surface area (Å²) in [5, 5.41) is 0. The Kier molecular flexibility index (Phi) is 6.02. The molecule has 1 unspecified atom stereocenters. The standard InChI is InChI=1S/C16H25BrN2O/c1-12-3-6-14(15(17)9-12)16(10-18)19(2)7-8-20-11-13-4-5-13/h3,6,9,13,16H,4-5,7-8,10-11,18H2,1-2H3. The molecular formula is C16H25BrN2O. The van der Waals surface area contributed by atoms with Crippen LogP contribution in [-0.4, -0.2) is 38.3 Å². The van der Waals surface area contributed by atoms with E-state index in [2.05, 4.69) is 53.0 Å². The second-order valence-corrected chi connectivity index (χ2v) is 6.63. The number of nitrogens with two attached hydrogens (primary N) is 1. The van der Waals surface area contributed by atoms with Crippen LogP contribution in [0.5, 0.6) is 0 Å². The van der Waals surface area contributed by atoms with Crippen LogP contribution in [0.1, 0.15) is 30.0 Å². The molecule has 0 bridgehead atoms. The summed E-state index contributed by atoms with van der Waals surface area (Å²) < 4.78 is 6.85. The number of rotatable bonds is 8. The van der Waals surface area contributed by atoms with E-state index < -0.39 is 0 Å². The Labute approximate surface area is 130 Å². The van der Waals surface area contributed by atoms with Gasteiger partial charge in [-0.05, 0) is 49.9 Å². The van der Waals surface area contributed by atoms with Crippen LogP contribution >= 0.6 is 15.9 Å². The van der Waals surface area contributed by atoms with Gasteiger partial charge in [0, 0.05) is 30.2 Å². The maximum absolute atomic E-state index is 5.97. The lowest BCUT2D eigenvalue weighted by Gasteiger charge is -2.28. The van der Waals surface area contributed by atoms with Gasteiger partial charge in [-0.2, -0.15) is 0 Å². The van der Waals surface area contributed by atoms with Crippen LogP contribution in [0, 0.1) is 12.8 Å². The Hall–Kier alpha value is -0.420. The lowest BCUT2D eigenvalue weighted by Crippen LogP contribution is -2.33. The minimum Gasteiger partial charge on any atom is -0.380 e. The third kappa shape index (κ3) is 4.55. The van der Waals surface area contributed by atoms with Gasteiger partial charge in [0.2, 0.25) is 0 Å². The summed E-state index contributed by atoms with van der Waals surface area (Å²) in [6.07, 6.45) is 2.69. The van der Waals surface area contributed by atoms with Crippen molar-refractivity contribution < 1.29 is 4.74 Å². The van der Waals surface area contributed by atoms with Gasteiger partial charge in [-0.3, -0.25) is 4.90 Å². The van der Waals surface area contributed by atoms with E-state index in [1.165, 1.54) is 24.0 Å². The zero-order valence-electron chi connectivity index (χ0n) is 12.4. The number of ether oxygens (including phenoxy) is 1. The number of likely N-dealkylation sites (N-methyl/N-ethyl adjacent to an activating group) is 1. The Morgan fingerprint density at radius 3 is 2.80 bits per heavy atom. The van der Waals surface area contributed by atoms with Gasteiger partial charge >= 0.3 is 0 Å². The normalized spacial score (nSPS) is 16.6. The number of hydrogen-bond donors (Lipinski definition) is 1. The first-order chi connectivity index (χ1) is 9.61. The second-order valence-electron chi connectivity index (χ2n) is 5.78. The van der Waals surface area contributed by atoms with Gasteiger partial charge in [-0.1, -0.05) is 28.1 Å². The zero-order valence-corrected chi connectivity index (χ0v) is 14.0. The van der Waals surface area contributed by atoms with Gasteiger partial charge in [0.05, 0.1) is 6.61 Å². The molecule has 0 spiro atoms. The third-order valence-electron chi connectivity index (χ3n) is 3.91. The summed E-state index contributed by atoms with van der Waals surface area (Å²) >= 11 is 3.65. The molecule has 0 aliphatic heterocycles. The molecule has 0 saturated heterocycles. The van der Waals surface area contributed by atoms with Gasteiger partial charge < -0.3 is 10.5 Å². The van der Waals surface area contributed by atoms with E-state index in [-0.39, 0.29) is 6.04 Å². The maximum Gasteiger partial charge on any atom is 0.0593 e. The van der Waals surface area contributed by atoms with Crippen LogP contribution in [0.4, 0.5) is 0 Å². The van der Waals surface area contributed by atoms with Gasteiger partial charge in [0.1, 0.15) is 0 Å². The minimum absolute atomic E-state index is 0.231. The van der Waals surface area contributed by atoms with Crippen molar-refractivity contribution in [3.63, 3.8) is 0 Å². The molecule has 0 aromatic heterocycles. The summed E-state index contributed by atoms with van der Waals surface area (Å²) in [5.74, 6) is 0.830. The monoisotopic (exact) mass is 340 g/mol. The molecule has 20 heavy (non-hydrogen) atoms. The van der Waals surface area contributed by atoms with E-state index in [0.717, 1.165) is 30.1 Å². The summed E-state index contributed by atoms with van der Waals surface area (Å²) in [6.45, 7) is 5.33. The molecule has 1 aromatic rings. The summed E-state index contributed by atoms with van der Waals surface area (Å²) in [4.78, 5) is 2.28. The lowest BCUT2D eigenvalue weighted by atomic mass is 10.0. The number of nitrogens with zero attached hydrogens (tertiary/aromatic N) is 1. The van der Waals surface area contributed by atoms with Crippen molar-refractivity contribution in [2.75, 3.05) is 33.4 Å². The summed E-state index contributed by atoms with van der Waals surface area (Å²) in [7, 11) is 2.12. The van der Waals surface area contributed by atoms with Gasteiger partial charge in [0.15, 0.2) is 0 Å². The summed E-state index contributed by atoms with van der Waals surface area (Å²) in [6, 6.07) is 6.68. The van der Waals surface area contributed by atoms with E-state index in [1.54, 1.807) is 0 Å². The topological polar surface area (TPSA) is 38.5 Å². The largest absolute Gasteiger partial charge is 0.380 e. The third-order valence-corrected chi connectivity index (χ3v) is 4.60. The van der Waals surface area contributed by atoms with Crippen molar-refractivity contribution in [3.8, 4) is 0 Å². The van der Waals surface area contributed by atoms with Gasteiger partial charge in [-0.15, -0.1) is 0 Å². The van der Waals surface area contributed by atoms with Gasteiger partial charge in [0.25, 0.3) is 0 Å². The molecule has 1 fully saturated rings. The molecule has 0 heterocycles. The van der Waals surface area contributed by atoms with Crippen molar-refractivity contribution >= 4 is 15.9 Å². The molecule has 1 saturated carbocycles. The minimum atomic E-state index is 0.231. The quantitative estimate of drug-likeness (QED) is 0.739. The molecule has 1 atom stereocenters. The molecule has 3 nitrogen and oxygen atoms in total. The molecule has 1 aliphatic rings. The number of hydrogen-bond acceptors (Lipinski definition) is 3. The van der Waals surface area contributed by atoms with E-state index in [1.807, 2.05) is 0 Å².